The molecule has 1 aromatic heterocycles. The Bertz CT molecular complexity index is 439. The average molecular weight is 259 g/mol. The zero-order valence-corrected chi connectivity index (χ0v) is 11.5. The Morgan fingerprint density at radius 3 is 2.59 bits per heavy atom. The normalized spacial score (nSPS) is 13.8. The molecule has 0 aliphatic rings. The van der Waals surface area contributed by atoms with Gasteiger partial charge in [0.05, 0.1) is 11.9 Å². The fourth-order valence-corrected chi connectivity index (χ4v) is 3.06. The van der Waals surface area contributed by atoms with E-state index in [1.807, 2.05) is 27.0 Å². The quantitative estimate of drug-likeness (QED) is 0.810. The summed E-state index contributed by atoms with van der Waals surface area (Å²) < 4.78 is 27.9. The summed E-state index contributed by atoms with van der Waals surface area (Å²) in [7, 11) is -3.18. The van der Waals surface area contributed by atoms with Crippen molar-refractivity contribution in [1.29, 1.82) is 0 Å². The Hall–Kier alpha value is -0.880. The van der Waals surface area contributed by atoms with Crippen LogP contribution in [0.15, 0.2) is 12.4 Å². The van der Waals surface area contributed by atoms with E-state index in [-0.39, 0.29) is 11.8 Å². The molecule has 1 N–H and O–H groups in total. The van der Waals surface area contributed by atoms with E-state index in [2.05, 4.69) is 9.82 Å². The van der Waals surface area contributed by atoms with Gasteiger partial charge in [-0.3, -0.25) is 4.68 Å². The van der Waals surface area contributed by atoms with Crippen LogP contribution in [0.1, 0.15) is 45.2 Å². The number of rotatable bonds is 7. The van der Waals surface area contributed by atoms with Crippen molar-refractivity contribution in [1.82, 2.24) is 14.5 Å². The molecule has 1 atom stereocenters. The molecule has 0 fully saturated rings. The fraction of sp³-hybridized carbons (Fsp3) is 0.727. The van der Waals surface area contributed by atoms with Gasteiger partial charge in [0.1, 0.15) is 0 Å². The number of nitrogens with zero attached hydrogens (tertiary/aromatic N) is 2. The van der Waals surface area contributed by atoms with Crippen molar-refractivity contribution >= 4 is 10.0 Å². The van der Waals surface area contributed by atoms with Crippen molar-refractivity contribution in [3.8, 4) is 0 Å². The van der Waals surface area contributed by atoms with Crippen LogP contribution in [0.2, 0.25) is 0 Å². The molecular formula is C11H21N3O2S. The lowest BCUT2D eigenvalue weighted by Crippen LogP contribution is -2.30. The molecule has 0 amide bonds. The highest BCUT2D eigenvalue weighted by Gasteiger charge is 2.18. The molecule has 0 bridgehead atoms. The van der Waals surface area contributed by atoms with Gasteiger partial charge in [0.25, 0.3) is 0 Å². The van der Waals surface area contributed by atoms with Crippen molar-refractivity contribution in [2.45, 2.75) is 46.2 Å². The topological polar surface area (TPSA) is 64.0 Å². The van der Waals surface area contributed by atoms with Gasteiger partial charge in [0.15, 0.2) is 0 Å². The number of aryl methyl sites for hydroxylation is 1. The largest absolute Gasteiger partial charge is 0.273 e. The van der Waals surface area contributed by atoms with E-state index in [4.69, 9.17) is 0 Å². The zero-order valence-electron chi connectivity index (χ0n) is 10.7. The lowest BCUT2D eigenvalue weighted by atomic mass is 10.1. The van der Waals surface area contributed by atoms with E-state index in [0.29, 0.717) is 6.42 Å². The lowest BCUT2D eigenvalue weighted by molar-refractivity contribution is 0.548. The molecule has 6 heteroatoms. The molecule has 0 aromatic carbocycles. The predicted octanol–water partition coefficient (Wildman–Crippen LogP) is 1.68. The smallest absolute Gasteiger partial charge is 0.212 e. The first-order valence-corrected chi connectivity index (χ1v) is 7.70. The molecule has 1 rings (SSSR count). The second-order valence-electron chi connectivity index (χ2n) is 4.03. The monoisotopic (exact) mass is 259 g/mol. The van der Waals surface area contributed by atoms with Crippen LogP contribution in [0.3, 0.4) is 0 Å². The van der Waals surface area contributed by atoms with Crippen LogP contribution in [0.25, 0.3) is 0 Å². The Morgan fingerprint density at radius 2 is 2.12 bits per heavy atom. The third-order valence-electron chi connectivity index (χ3n) is 2.58. The van der Waals surface area contributed by atoms with Gasteiger partial charge < -0.3 is 0 Å². The van der Waals surface area contributed by atoms with Gasteiger partial charge in [0.2, 0.25) is 10.0 Å². The maximum absolute atomic E-state index is 11.7. The minimum absolute atomic E-state index is 0.172. The van der Waals surface area contributed by atoms with Crippen LogP contribution in [0.4, 0.5) is 0 Å². The molecule has 0 saturated carbocycles. The van der Waals surface area contributed by atoms with Gasteiger partial charge in [-0.15, -0.1) is 0 Å². The minimum Gasteiger partial charge on any atom is -0.273 e. The van der Waals surface area contributed by atoms with E-state index in [9.17, 15) is 8.42 Å². The summed E-state index contributed by atoms with van der Waals surface area (Å²) in [4.78, 5) is 0. The van der Waals surface area contributed by atoms with Crippen LogP contribution in [0, 0.1) is 0 Å². The molecule has 0 aliphatic heterocycles. The van der Waals surface area contributed by atoms with Crippen molar-refractivity contribution in [2.24, 2.45) is 0 Å². The van der Waals surface area contributed by atoms with Gasteiger partial charge in [0, 0.05) is 24.3 Å². The van der Waals surface area contributed by atoms with Crippen molar-refractivity contribution < 1.29 is 8.42 Å². The molecule has 1 unspecified atom stereocenters. The fourth-order valence-electron chi connectivity index (χ4n) is 1.66. The Labute approximate surface area is 103 Å². The third kappa shape index (κ3) is 4.12. The zero-order chi connectivity index (χ0) is 12.9. The Balaban J connectivity index is 2.78. The molecule has 0 radical (unpaired) electrons. The molecule has 0 aliphatic carbocycles. The number of sulfonamides is 1. The summed E-state index contributed by atoms with van der Waals surface area (Å²) in [5.74, 6) is 0.172. The van der Waals surface area contributed by atoms with Crippen LogP contribution in [-0.2, 0) is 16.6 Å². The number of hydrogen-bond donors (Lipinski definition) is 1. The molecule has 17 heavy (non-hydrogen) atoms. The van der Waals surface area contributed by atoms with E-state index in [1.54, 1.807) is 10.9 Å². The second kappa shape index (κ2) is 6.16. The first kappa shape index (κ1) is 14.2. The molecule has 0 saturated heterocycles. The van der Waals surface area contributed by atoms with Gasteiger partial charge in [-0.1, -0.05) is 13.8 Å². The maximum atomic E-state index is 11.7. The standard InChI is InChI=1S/C11H21N3O2S/c1-4-7-17(15,16)13-11(5-2)10-8-12-14(6-3)9-10/h8-9,11,13H,4-7H2,1-3H3. The molecule has 98 valence electrons. The van der Waals surface area contributed by atoms with Crippen molar-refractivity contribution in [3.05, 3.63) is 18.0 Å². The first-order chi connectivity index (χ1) is 8.02. The molecule has 0 spiro atoms. The van der Waals surface area contributed by atoms with Crippen molar-refractivity contribution in [2.75, 3.05) is 5.75 Å². The van der Waals surface area contributed by atoms with E-state index >= 15 is 0 Å². The molecular weight excluding hydrogens is 238 g/mol. The summed E-state index contributed by atoms with van der Waals surface area (Å²) in [6.07, 6.45) is 4.97. The van der Waals surface area contributed by atoms with Gasteiger partial charge in [-0.25, -0.2) is 13.1 Å². The molecule has 5 nitrogen and oxygen atoms in total. The van der Waals surface area contributed by atoms with E-state index in [1.165, 1.54) is 0 Å². The third-order valence-corrected chi connectivity index (χ3v) is 4.17. The lowest BCUT2D eigenvalue weighted by Gasteiger charge is -2.15. The predicted molar refractivity (Wildman–Crippen MR) is 68.1 cm³/mol. The minimum atomic E-state index is -3.18. The van der Waals surface area contributed by atoms with Gasteiger partial charge in [-0.05, 0) is 19.8 Å². The summed E-state index contributed by atoms with van der Waals surface area (Å²) in [6, 6.07) is -0.174. The summed E-state index contributed by atoms with van der Waals surface area (Å²) in [6.45, 7) is 6.61. The summed E-state index contributed by atoms with van der Waals surface area (Å²) in [5.41, 5.74) is 0.925. The maximum Gasteiger partial charge on any atom is 0.212 e. The SMILES string of the molecule is CCCS(=O)(=O)NC(CC)c1cnn(CC)c1. The Morgan fingerprint density at radius 1 is 1.41 bits per heavy atom. The summed E-state index contributed by atoms with van der Waals surface area (Å²) in [5, 5.41) is 4.16. The van der Waals surface area contributed by atoms with Crippen LogP contribution in [-0.4, -0.2) is 24.0 Å². The highest BCUT2D eigenvalue weighted by molar-refractivity contribution is 7.89. The number of hydrogen-bond acceptors (Lipinski definition) is 3. The average Bonchev–Trinajstić information content (AvgIpc) is 2.74. The van der Waals surface area contributed by atoms with Crippen molar-refractivity contribution in [3.63, 3.8) is 0 Å². The first-order valence-electron chi connectivity index (χ1n) is 6.04. The summed E-state index contributed by atoms with van der Waals surface area (Å²) >= 11 is 0. The van der Waals surface area contributed by atoms with Gasteiger partial charge in [-0.2, -0.15) is 5.10 Å². The highest BCUT2D eigenvalue weighted by Crippen LogP contribution is 2.17. The molecule has 1 heterocycles. The highest BCUT2D eigenvalue weighted by atomic mass is 32.2. The Kier molecular flexibility index (Phi) is 5.14. The molecule has 1 aromatic rings. The van der Waals surface area contributed by atoms with Crippen LogP contribution < -0.4 is 4.72 Å². The van der Waals surface area contributed by atoms with E-state index in [0.717, 1.165) is 18.5 Å². The van der Waals surface area contributed by atoms with Crippen LogP contribution in [0.5, 0.6) is 0 Å². The second-order valence-corrected chi connectivity index (χ2v) is 5.90. The van der Waals surface area contributed by atoms with Gasteiger partial charge >= 0.3 is 0 Å². The van der Waals surface area contributed by atoms with Crippen LogP contribution >= 0.6 is 0 Å². The number of nitrogens with one attached hydrogen (secondary N) is 1. The van der Waals surface area contributed by atoms with E-state index < -0.39 is 10.0 Å². The number of aromatic nitrogens is 2.